The lowest BCUT2D eigenvalue weighted by Crippen LogP contribution is -2.31. The standard InChI is InChI=1S/C57H42N2/c1-57(2)52-25-12-13-26-54(52)59(55-38-45(31-34-53(55)57)44-28-27-39-15-6-8-18-42(39)35-44)56-50-24-11-10-17-41(50)30-33-51(56)46-20-14-23-48(37-46)58(47-21-4-3-5-22-47)49-32-29-40-16-7-9-19-43(40)36-49/h3-38H,1-2H3. The number of hydrogen-bond donors (Lipinski definition) is 0. The number of para-hydroxylation sites is 2. The number of anilines is 6. The molecular formula is C57H42N2. The average Bonchev–Trinajstić information content (AvgIpc) is 3.29. The Morgan fingerprint density at radius 3 is 1.75 bits per heavy atom. The Morgan fingerprint density at radius 2 is 0.932 bits per heavy atom. The van der Waals surface area contributed by atoms with Crippen molar-refractivity contribution in [1.82, 2.24) is 0 Å². The molecule has 2 heteroatoms. The Balaban J connectivity index is 1.14. The van der Waals surface area contributed by atoms with Gasteiger partial charge in [0, 0.05) is 33.4 Å². The van der Waals surface area contributed by atoms with E-state index in [0.29, 0.717) is 0 Å². The molecule has 2 nitrogen and oxygen atoms in total. The van der Waals surface area contributed by atoms with Gasteiger partial charge < -0.3 is 9.80 Å². The van der Waals surface area contributed by atoms with Gasteiger partial charge in [-0.25, -0.2) is 0 Å². The maximum Gasteiger partial charge on any atom is 0.0618 e. The molecule has 0 aromatic heterocycles. The van der Waals surface area contributed by atoms with Crippen LogP contribution in [0.2, 0.25) is 0 Å². The quantitative estimate of drug-likeness (QED) is 0.167. The van der Waals surface area contributed by atoms with Crippen LogP contribution >= 0.6 is 0 Å². The van der Waals surface area contributed by atoms with Crippen LogP contribution in [-0.2, 0) is 5.41 Å². The van der Waals surface area contributed by atoms with Gasteiger partial charge in [-0.15, -0.1) is 0 Å². The summed E-state index contributed by atoms with van der Waals surface area (Å²) in [6, 6.07) is 80.2. The minimum Gasteiger partial charge on any atom is -0.310 e. The van der Waals surface area contributed by atoms with Crippen LogP contribution in [0.15, 0.2) is 218 Å². The largest absolute Gasteiger partial charge is 0.310 e. The molecule has 0 N–H and O–H groups in total. The molecule has 1 heterocycles. The molecule has 59 heavy (non-hydrogen) atoms. The summed E-state index contributed by atoms with van der Waals surface area (Å²) in [5.41, 5.74) is 14.1. The van der Waals surface area contributed by atoms with E-state index in [1.54, 1.807) is 0 Å². The van der Waals surface area contributed by atoms with Crippen LogP contribution in [0.25, 0.3) is 54.6 Å². The first-order valence-electron chi connectivity index (χ1n) is 20.5. The molecular weight excluding hydrogens is 713 g/mol. The van der Waals surface area contributed by atoms with Crippen molar-refractivity contribution in [2.45, 2.75) is 19.3 Å². The molecule has 10 aromatic carbocycles. The first-order chi connectivity index (χ1) is 29.0. The van der Waals surface area contributed by atoms with E-state index in [2.05, 4.69) is 242 Å². The number of nitrogens with zero attached hydrogens (tertiary/aromatic N) is 2. The van der Waals surface area contributed by atoms with Crippen molar-refractivity contribution in [3.8, 4) is 22.3 Å². The molecule has 0 unspecified atom stereocenters. The monoisotopic (exact) mass is 754 g/mol. The van der Waals surface area contributed by atoms with Crippen LogP contribution in [-0.4, -0.2) is 0 Å². The summed E-state index contributed by atoms with van der Waals surface area (Å²) in [5, 5.41) is 7.36. The number of rotatable bonds is 6. The Hall–Kier alpha value is -7.42. The van der Waals surface area contributed by atoms with Gasteiger partial charge in [-0.2, -0.15) is 0 Å². The minimum absolute atomic E-state index is 0.217. The molecule has 0 fully saturated rings. The van der Waals surface area contributed by atoms with E-state index in [-0.39, 0.29) is 5.41 Å². The summed E-state index contributed by atoms with van der Waals surface area (Å²) in [5.74, 6) is 0. The Morgan fingerprint density at radius 1 is 0.356 bits per heavy atom. The topological polar surface area (TPSA) is 6.48 Å². The van der Waals surface area contributed by atoms with Crippen LogP contribution in [0.5, 0.6) is 0 Å². The third-order valence-corrected chi connectivity index (χ3v) is 12.4. The van der Waals surface area contributed by atoms with Crippen LogP contribution < -0.4 is 9.80 Å². The fourth-order valence-electron chi connectivity index (χ4n) is 9.39. The molecule has 0 saturated heterocycles. The van der Waals surface area contributed by atoms with Crippen molar-refractivity contribution in [3.05, 3.63) is 230 Å². The molecule has 0 aliphatic carbocycles. The van der Waals surface area contributed by atoms with Gasteiger partial charge >= 0.3 is 0 Å². The molecule has 0 atom stereocenters. The molecule has 0 spiro atoms. The van der Waals surface area contributed by atoms with Gasteiger partial charge in [-0.3, -0.25) is 0 Å². The Labute approximate surface area is 345 Å². The Kier molecular flexibility index (Phi) is 8.20. The van der Waals surface area contributed by atoms with Gasteiger partial charge in [0.15, 0.2) is 0 Å². The summed E-state index contributed by atoms with van der Waals surface area (Å²) < 4.78 is 0. The second-order valence-corrected chi connectivity index (χ2v) is 16.2. The van der Waals surface area contributed by atoms with Gasteiger partial charge in [0.25, 0.3) is 0 Å². The highest BCUT2D eigenvalue weighted by Crippen LogP contribution is 2.56. The molecule has 1 aliphatic heterocycles. The molecule has 0 saturated carbocycles. The van der Waals surface area contributed by atoms with E-state index in [4.69, 9.17) is 0 Å². The second-order valence-electron chi connectivity index (χ2n) is 16.2. The van der Waals surface area contributed by atoms with Gasteiger partial charge in [0.05, 0.1) is 17.1 Å². The molecule has 10 aromatic rings. The van der Waals surface area contributed by atoms with Crippen molar-refractivity contribution >= 4 is 66.4 Å². The minimum atomic E-state index is -0.217. The number of fused-ring (bicyclic) bond motifs is 5. The molecule has 1 aliphatic rings. The maximum atomic E-state index is 2.56. The fraction of sp³-hybridized carbons (Fsp3) is 0.0526. The Bertz CT molecular complexity index is 3210. The predicted molar refractivity (Wildman–Crippen MR) is 251 cm³/mol. The first-order valence-corrected chi connectivity index (χ1v) is 20.5. The van der Waals surface area contributed by atoms with Gasteiger partial charge in [-0.1, -0.05) is 178 Å². The maximum absolute atomic E-state index is 2.56. The van der Waals surface area contributed by atoms with Crippen molar-refractivity contribution in [2.75, 3.05) is 9.80 Å². The average molecular weight is 755 g/mol. The van der Waals surface area contributed by atoms with E-state index in [0.717, 1.165) is 22.6 Å². The van der Waals surface area contributed by atoms with Crippen molar-refractivity contribution in [2.24, 2.45) is 0 Å². The fourth-order valence-corrected chi connectivity index (χ4v) is 9.39. The summed E-state index contributed by atoms with van der Waals surface area (Å²) >= 11 is 0. The first kappa shape index (κ1) is 34.8. The molecule has 280 valence electrons. The smallest absolute Gasteiger partial charge is 0.0618 e. The summed E-state index contributed by atoms with van der Waals surface area (Å²) in [6.45, 7) is 4.74. The van der Waals surface area contributed by atoms with Gasteiger partial charge in [0.1, 0.15) is 0 Å². The van der Waals surface area contributed by atoms with Crippen LogP contribution in [0.3, 0.4) is 0 Å². The van der Waals surface area contributed by atoms with Crippen LogP contribution in [0, 0.1) is 0 Å². The van der Waals surface area contributed by atoms with E-state index >= 15 is 0 Å². The zero-order valence-electron chi connectivity index (χ0n) is 33.2. The lowest BCUT2D eigenvalue weighted by Gasteiger charge is -2.43. The highest BCUT2D eigenvalue weighted by Gasteiger charge is 2.38. The van der Waals surface area contributed by atoms with Gasteiger partial charge in [-0.05, 0) is 109 Å². The van der Waals surface area contributed by atoms with Crippen molar-refractivity contribution in [3.63, 3.8) is 0 Å². The zero-order chi connectivity index (χ0) is 39.5. The number of benzene rings is 10. The zero-order valence-corrected chi connectivity index (χ0v) is 33.2. The lowest BCUT2D eigenvalue weighted by atomic mass is 9.73. The van der Waals surface area contributed by atoms with E-state index in [1.807, 2.05) is 0 Å². The predicted octanol–water partition coefficient (Wildman–Crippen LogP) is 16.1. The highest BCUT2D eigenvalue weighted by atomic mass is 15.2. The SMILES string of the molecule is CC1(C)c2ccccc2N(c2c(-c3cccc(N(c4ccccc4)c4ccc5ccccc5c4)c3)ccc3ccccc23)c2cc(-c3ccc4ccccc4c3)ccc21. The summed E-state index contributed by atoms with van der Waals surface area (Å²) in [6.07, 6.45) is 0. The van der Waals surface area contributed by atoms with Crippen LogP contribution in [0.4, 0.5) is 34.1 Å². The van der Waals surface area contributed by atoms with Crippen molar-refractivity contribution < 1.29 is 0 Å². The van der Waals surface area contributed by atoms with E-state index in [9.17, 15) is 0 Å². The van der Waals surface area contributed by atoms with E-state index in [1.165, 1.54) is 77.2 Å². The normalized spacial score (nSPS) is 13.0. The lowest BCUT2D eigenvalue weighted by molar-refractivity contribution is 0.632. The number of hydrogen-bond acceptors (Lipinski definition) is 2. The molecule has 0 amide bonds. The molecule has 0 radical (unpaired) electrons. The molecule has 0 bridgehead atoms. The highest BCUT2D eigenvalue weighted by molar-refractivity contribution is 6.08. The van der Waals surface area contributed by atoms with Gasteiger partial charge in [0.2, 0.25) is 0 Å². The second kappa shape index (κ2) is 13.9. The van der Waals surface area contributed by atoms with Crippen molar-refractivity contribution in [1.29, 1.82) is 0 Å². The third kappa shape index (κ3) is 5.87. The van der Waals surface area contributed by atoms with E-state index < -0.39 is 0 Å². The third-order valence-electron chi connectivity index (χ3n) is 12.4. The summed E-state index contributed by atoms with van der Waals surface area (Å²) in [4.78, 5) is 4.93. The summed E-state index contributed by atoms with van der Waals surface area (Å²) in [7, 11) is 0. The van der Waals surface area contributed by atoms with Crippen LogP contribution in [0.1, 0.15) is 25.0 Å². The molecule has 11 rings (SSSR count).